The number of carbonyl (C=O) groups is 1. The molecular formula is C21H37N5O. The van der Waals surface area contributed by atoms with Crippen LogP contribution in [0.15, 0.2) is 29.3 Å². The van der Waals surface area contributed by atoms with Crippen LogP contribution in [0.2, 0.25) is 0 Å². The van der Waals surface area contributed by atoms with Gasteiger partial charge >= 0.3 is 0 Å². The summed E-state index contributed by atoms with van der Waals surface area (Å²) in [7, 11) is 7.50. The molecule has 1 amide bonds. The smallest absolute Gasteiger partial charge is 0.253 e. The van der Waals surface area contributed by atoms with Gasteiger partial charge in [0.2, 0.25) is 0 Å². The topological polar surface area (TPSA) is 60.0 Å². The number of hydrogen-bond acceptors (Lipinski definition) is 3. The highest BCUT2D eigenvalue weighted by atomic mass is 16.2. The van der Waals surface area contributed by atoms with Gasteiger partial charge in [0.05, 0.1) is 0 Å². The molecule has 0 fully saturated rings. The number of guanidine groups is 1. The predicted octanol–water partition coefficient (Wildman–Crippen LogP) is 2.22. The first-order valence-corrected chi connectivity index (χ1v) is 9.80. The number of benzene rings is 1. The lowest BCUT2D eigenvalue weighted by Gasteiger charge is -2.20. The number of aliphatic imine (C=N–C) groups is 1. The van der Waals surface area contributed by atoms with Crippen LogP contribution in [0.1, 0.15) is 42.6 Å². The number of amides is 1. The Labute approximate surface area is 165 Å². The molecule has 6 nitrogen and oxygen atoms in total. The highest BCUT2D eigenvalue weighted by molar-refractivity contribution is 5.94. The second kappa shape index (κ2) is 12.3. The third kappa shape index (κ3) is 8.91. The molecule has 2 N–H and O–H groups in total. The molecule has 1 aromatic rings. The maximum absolute atomic E-state index is 12.1. The van der Waals surface area contributed by atoms with Crippen molar-refractivity contribution in [1.29, 1.82) is 0 Å². The average Bonchev–Trinajstić information content (AvgIpc) is 2.65. The second-order valence-electron chi connectivity index (χ2n) is 7.36. The minimum Gasteiger partial charge on any atom is -0.356 e. The third-order valence-corrected chi connectivity index (χ3v) is 4.62. The Balaban J connectivity index is 2.31. The van der Waals surface area contributed by atoms with Crippen molar-refractivity contribution < 1.29 is 4.79 Å². The molecule has 0 bridgehead atoms. The van der Waals surface area contributed by atoms with Crippen molar-refractivity contribution >= 4 is 11.9 Å². The average molecular weight is 376 g/mol. The Bertz CT molecular complexity index is 598. The van der Waals surface area contributed by atoms with Gasteiger partial charge in [-0.05, 0) is 64.4 Å². The summed E-state index contributed by atoms with van der Waals surface area (Å²) < 4.78 is 0. The molecule has 0 atom stereocenters. The summed E-state index contributed by atoms with van der Waals surface area (Å²) in [5.74, 6) is 0.859. The van der Waals surface area contributed by atoms with Gasteiger partial charge in [-0.1, -0.05) is 12.1 Å². The quantitative estimate of drug-likeness (QED) is 0.374. The lowest BCUT2D eigenvalue weighted by atomic mass is 10.1. The van der Waals surface area contributed by atoms with Crippen LogP contribution in [0.5, 0.6) is 0 Å². The van der Waals surface area contributed by atoms with Gasteiger partial charge in [0, 0.05) is 45.8 Å². The zero-order chi connectivity index (χ0) is 20.2. The third-order valence-electron chi connectivity index (χ3n) is 4.62. The highest BCUT2D eigenvalue weighted by Gasteiger charge is 2.08. The first-order valence-electron chi connectivity index (χ1n) is 9.80. The van der Waals surface area contributed by atoms with Crippen LogP contribution in [-0.2, 0) is 6.42 Å². The Hall–Kier alpha value is -2.08. The fourth-order valence-electron chi connectivity index (χ4n) is 2.62. The van der Waals surface area contributed by atoms with Crippen LogP contribution in [-0.4, -0.2) is 75.5 Å². The van der Waals surface area contributed by atoms with Crippen molar-refractivity contribution in [2.75, 3.05) is 47.8 Å². The van der Waals surface area contributed by atoms with E-state index in [-0.39, 0.29) is 5.91 Å². The molecule has 0 heterocycles. The molecule has 0 aromatic heterocycles. The Morgan fingerprint density at radius 3 is 2.44 bits per heavy atom. The summed E-state index contributed by atoms with van der Waals surface area (Å²) >= 11 is 0. The standard InChI is InChI=1S/C21H37N5O/c1-17(2)26(6)15-8-7-13-23-21(22-3)24-14-12-18-10-9-11-19(16-18)20(27)25(4)5/h9-11,16-17H,7-8,12-15H2,1-6H3,(H2,22,23,24). The molecule has 0 aliphatic heterocycles. The molecule has 152 valence electrons. The van der Waals surface area contributed by atoms with Gasteiger partial charge in [0.25, 0.3) is 5.91 Å². The van der Waals surface area contributed by atoms with Crippen molar-refractivity contribution in [1.82, 2.24) is 20.4 Å². The molecule has 0 aliphatic rings. The van der Waals surface area contributed by atoms with E-state index in [1.54, 1.807) is 26.0 Å². The van der Waals surface area contributed by atoms with E-state index < -0.39 is 0 Å². The molecule has 27 heavy (non-hydrogen) atoms. The van der Waals surface area contributed by atoms with Crippen LogP contribution in [0, 0.1) is 0 Å². The normalized spacial score (nSPS) is 11.8. The van der Waals surface area contributed by atoms with Gasteiger partial charge in [-0.25, -0.2) is 0 Å². The summed E-state index contributed by atoms with van der Waals surface area (Å²) in [6.07, 6.45) is 3.13. The fraction of sp³-hybridized carbons (Fsp3) is 0.619. The zero-order valence-electron chi connectivity index (χ0n) is 17.9. The van der Waals surface area contributed by atoms with E-state index in [0.717, 1.165) is 49.6 Å². The highest BCUT2D eigenvalue weighted by Crippen LogP contribution is 2.07. The predicted molar refractivity (Wildman–Crippen MR) is 115 cm³/mol. The summed E-state index contributed by atoms with van der Waals surface area (Å²) in [5, 5.41) is 6.70. The SMILES string of the molecule is CN=C(NCCCCN(C)C(C)C)NCCc1cccc(C(=O)N(C)C)c1. The zero-order valence-corrected chi connectivity index (χ0v) is 17.9. The maximum Gasteiger partial charge on any atom is 0.253 e. The van der Waals surface area contributed by atoms with E-state index in [2.05, 4.69) is 47.5 Å². The number of nitrogens with one attached hydrogen (secondary N) is 2. The lowest BCUT2D eigenvalue weighted by molar-refractivity contribution is 0.0827. The van der Waals surface area contributed by atoms with Gasteiger partial charge in [-0.3, -0.25) is 9.79 Å². The fourth-order valence-corrected chi connectivity index (χ4v) is 2.62. The molecule has 0 unspecified atom stereocenters. The van der Waals surface area contributed by atoms with E-state index >= 15 is 0 Å². The van der Waals surface area contributed by atoms with Crippen LogP contribution < -0.4 is 10.6 Å². The monoisotopic (exact) mass is 375 g/mol. The van der Waals surface area contributed by atoms with Crippen molar-refractivity contribution in [2.45, 2.75) is 39.2 Å². The van der Waals surface area contributed by atoms with Crippen LogP contribution in [0.25, 0.3) is 0 Å². The van der Waals surface area contributed by atoms with E-state index in [4.69, 9.17) is 0 Å². The molecule has 0 radical (unpaired) electrons. The molecule has 0 saturated heterocycles. The van der Waals surface area contributed by atoms with Crippen molar-refractivity contribution in [3.05, 3.63) is 35.4 Å². The Kier molecular flexibility index (Phi) is 10.5. The Morgan fingerprint density at radius 1 is 1.11 bits per heavy atom. The van der Waals surface area contributed by atoms with Crippen LogP contribution >= 0.6 is 0 Å². The molecule has 1 aromatic carbocycles. The van der Waals surface area contributed by atoms with E-state index in [0.29, 0.717) is 6.04 Å². The maximum atomic E-state index is 12.1. The molecule has 1 rings (SSSR count). The van der Waals surface area contributed by atoms with Crippen LogP contribution in [0.3, 0.4) is 0 Å². The van der Waals surface area contributed by atoms with Gasteiger partial charge in [-0.15, -0.1) is 0 Å². The largest absolute Gasteiger partial charge is 0.356 e. The number of hydrogen-bond donors (Lipinski definition) is 2. The van der Waals surface area contributed by atoms with Crippen molar-refractivity contribution in [2.24, 2.45) is 4.99 Å². The number of nitrogens with zero attached hydrogens (tertiary/aromatic N) is 3. The molecule has 0 saturated carbocycles. The van der Waals surface area contributed by atoms with E-state index in [1.165, 1.54) is 6.42 Å². The van der Waals surface area contributed by atoms with Gasteiger partial charge in [0.15, 0.2) is 5.96 Å². The molecule has 0 aliphatic carbocycles. The molecule has 6 heteroatoms. The van der Waals surface area contributed by atoms with E-state index in [1.807, 2.05) is 18.2 Å². The number of unbranched alkanes of at least 4 members (excludes halogenated alkanes) is 1. The minimum absolute atomic E-state index is 0.0328. The van der Waals surface area contributed by atoms with Crippen molar-refractivity contribution in [3.8, 4) is 0 Å². The minimum atomic E-state index is 0.0328. The molecule has 0 spiro atoms. The first kappa shape index (κ1) is 23.0. The second-order valence-corrected chi connectivity index (χ2v) is 7.36. The van der Waals surface area contributed by atoms with Crippen molar-refractivity contribution in [3.63, 3.8) is 0 Å². The summed E-state index contributed by atoms with van der Waals surface area (Å²) in [4.78, 5) is 20.3. The van der Waals surface area contributed by atoms with Gasteiger partial charge < -0.3 is 20.4 Å². The lowest BCUT2D eigenvalue weighted by Crippen LogP contribution is -2.39. The summed E-state index contributed by atoms with van der Waals surface area (Å²) in [5.41, 5.74) is 1.87. The van der Waals surface area contributed by atoms with E-state index in [9.17, 15) is 4.79 Å². The number of carbonyl (C=O) groups excluding carboxylic acids is 1. The summed E-state index contributed by atoms with van der Waals surface area (Å²) in [6, 6.07) is 8.41. The van der Waals surface area contributed by atoms with Crippen LogP contribution in [0.4, 0.5) is 0 Å². The Morgan fingerprint density at radius 2 is 1.81 bits per heavy atom. The van der Waals surface area contributed by atoms with Gasteiger partial charge in [-0.2, -0.15) is 0 Å². The first-order chi connectivity index (χ1) is 12.8. The molecular weight excluding hydrogens is 338 g/mol. The number of rotatable bonds is 10. The van der Waals surface area contributed by atoms with Gasteiger partial charge in [0.1, 0.15) is 0 Å². The summed E-state index contributed by atoms with van der Waals surface area (Å²) in [6.45, 7) is 7.24.